The molecule has 0 aromatic carbocycles. The maximum atomic E-state index is 13.2. The average Bonchev–Trinajstić information content (AvgIpc) is 2.83. The van der Waals surface area contributed by atoms with Crippen molar-refractivity contribution in [3.05, 3.63) is 60.2 Å². The van der Waals surface area contributed by atoms with Crippen LogP contribution in [0.15, 0.2) is 48.8 Å². The van der Waals surface area contributed by atoms with E-state index in [1.54, 1.807) is 0 Å². The van der Waals surface area contributed by atoms with Crippen LogP contribution in [0.4, 0.5) is 26.3 Å². The van der Waals surface area contributed by atoms with Crippen LogP contribution in [0.3, 0.4) is 0 Å². The fraction of sp³-hybridized carbons (Fsp3) is 0.400. The van der Waals surface area contributed by atoms with E-state index in [1.807, 2.05) is 0 Å². The molecule has 2 aromatic rings. The molecule has 0 saturated heterocycles. The molecule has 0 unspecified atom stereocenters. The Morgan fingerprint density at radius 3 is 1.26 bits per heavy atom. The maximum Gasteiger partial charge on any atom is 0.516 e. The molecular weight excluding hydrogens is 570 g/mol. The molecule has 0 aliphatic carbocycles. The van der Waals surface area contributed by atoms with Gasteiger partial charge in [-0.1, -0.05) is 12.1 Å². The van der Waals surface area contributed by atoms with Gasteiger partial charge in [-0.25, -0.2) is 8.61 Å². The van der Waals surface area contributed by atoms with Crippen molar-refractivity contribution in [2.75, 3.05) is 13.1 Å². The number of carbonyl (C=O) groups excluding carboxylic acids is 2. The molecule has 0 aliphatic heterocycles. The van der Waals surface area contributed by atoms with E-state index in [1.165, 1.54) is 48.8 Å². The molecule has 2 amide bonds. The first kappa shape index (κ1) is 30.9. The number of hydrogen-bond acceptors (Lipinski definition) is 8. The summed E-state index contributed by atoms with van der Waals surface area (Å²) in [7, 11) is -13.2. The van der Waals surface area contributed by atoms with Crippen molar-refractivity contribution >= 4 is 31.9 Å². The molecule has 0 spiro atoms. The quantitative estimate of drug-likeness (QED) is 0.304. The van der Waals surface area contributed by atoms with Gasteiger partial charge in [0.2, 0.25) is 0 Å². The van der Waals surface area contributed by atoms with E-state index in [2.05, 4.69) is 9.97 Å². The molecule has 2 rings (SSSR count). The number of carbonyl (C=O) groups is 2. The van der Waals surface area contributed by atoms with Crippen LogP contribution < -0.4 is 0 Å². The first-order chi connectivity index (χ1) is 17.5. The van der Waals surface area contributed by atoms with Gasteiger partial charge in [-0.2, -0.15) is 43.2 Å². The zero-order valence-electron chi connectivity index (χ0n) is 19.2. The lowest BCUT2D eigenvalue weighted by molar-refractivity contribution is -0.147. The number of halogens is 6. The lowest BCUT2D eigenvalue weighted by Gasteiger charge is -2.27. The molecule has 210 valence electrons. The van der Waals surface area contributed by atoms with Crippen LogP contribution in [-0.2, 0) is 42.5 Å². The van der Waals surface area contributed by atoms with Crippen molar-refractivity contribution < 1.29 is 52.8 Å². The van der Waals surface area contributed by atoms with Gasteiger partial charge in [-0.15, -0.1) is 0 Å². The average molecular weight is 591 g/mol. The highest BCUT2D eigenvalue weighted by Gasteiger charge is 2.56. The Hall–Kier alpha value is -3.28. The monoisotopic (exact) mass is 590 g/mol. The number of rotatable bonds is 10. The highest BCUT2D eigenvalue weighted by atomic mass is 32.2. The van der Waals surface area contributed by atoms with E-state index in [4.69, 9.17) is 0 Å². The molecule has 18 heteroatoms. The molecule has 0 bridgehead atoms. The minimum atomic E-state index is -6.59. The summed E-state index contributed by atoms with van der Waals surface area (Å²) >= 11 is 0. The third kappa shape index (κ3) is 7.40. The second kappa shape index (κ2) is 12.1. The number of nitrogens with zero attached hydrogens (tertiary/aromatic N) is 4. The number of aryl methyl sites for hydroxylation is 2. The van der Waals surface area contributed by atoms with Crippen LogP contribution in [0.5, 0.6) is 0 Å². The Bertz CT molecular complexity index is 1220. The van der Waals surface area contributed by atoms with Crippen LogP contribution in [-0.4, -0.2) is 71.3 Å². The van der Waals surface area contributed by atoms with Gasteiger partial charge >= 0.3 is 42.9 Å². The largest absolute Gasteiger partial charge is 0.516 e. The Labute approximate surface area is 213 Å². The van der Waals surface area contributed by atoms with E-state index in [0.717, 1.165) is 0 Å². The van der Waals surface area contributed by atoms with E-state index in [0.29, 0.717) is 0 Å². The molecule has 38 heavy (non-hydrogen) atoms. The zero-order chi connectivity index (χ0) is 28.8. The van der Waals surface area contributed by atoms with Crippen LogP contribution in [0, 0.1) is 0 Å². The normalized spacial score (nSPS) is 12.7. The van der Waals surface area contributed by atoms with Crippen molar-refractivity contribution in [2.45, 2.75) is 36.7 Å². The summed E-state index contributed by atoms with van der Waals surface area (Å²) in [5, 5.41) is 0. The third-order valence-corrected chi connectivity index (χ3v) is 7.87. The van der Waals surface area contributed by atoms with Gasteiger partial charge in [0.25, 0.3) is 0 Å². The van der Waals surface area contributed by atoms with Crippen molar-refractivity contribution in [1.29, 1.82) is 0 Å². The lowest BCUT2D eigenvalue weighted by atomic mass is 10.2. The van der Waals surface area contributed by atoms with Gasteiger partial charge in [0, 0.05) is 36.9 Å². The maximum absolute atomic E-state index is 13.2. The van der Waals surface area contributed by atoms with Gasteiger partial charge in [0.05, 0.1) is 0 Å². The molecule has 0 radical (unpaired) electrons. The second-order valence-electron chi connectivity index (χ2n) is 7.51. The van der Waals surface area contributed by atoms with E-state index >= 15 is 0 Å². The van der Waals surface area contributed by atoms with Crippen molar-refractivity contribution in [1.82, 2.24) is 18.6 Å². The number of pyridine rings is 2. The zero-order valence-corrected chi connectivity index (χ0v) is 20.8. The molecule has 10 nitrogen and oxygen atoms in total. The topological polar surface area (TPSA) is 135 Å². The molecule has 2 heterocycles. The summed E-state index contributed by atoms with van der Waals surface area (Å²) in [6.07, 6.45) is 1.24. The minimum absolute atomic E-state index is 0.180. The molecule has 0 saturated carbocycles. The van der Waals surface area contributed by atoms with Crippen molar-refractivity contribution in [3.8, 4) is 0 Å². The van der Waals surface area contributed by atoms with E-state index in [9.17, 15) is 52.8 Å². The summed E-state index contributed by atoms with van der Waals surface area (Å²) in [4.78, 5) is 33.0. The smallest absolute Gasteiger partial charge is 0.262 e. The fourth-order valence-corrected chi connectivity index (χ4v) is 4.86. The third-order valence-electron chi connectivity index (χ3n) is 4.84. The standard InChI is InChI=1S/C20H20F6N4O6S2/c21-19(22,23)37(33,34)29(13-5-9-15-7-1-3-11-27-15)17(31)18(32)30(38(35,36)20(24,25)26)14-6-10-16-8-2-4-12-28-16/h1-4,7-8,11-12H,5-6,9-10,13-14H2. The number of aromatic nitrogens is 2. The van der Waals surface area contributed by atoms with Crippen LogP contribution in [0.2, 0.25) is 0 Å². The molecule has 2 aromatic heterocycles. The predicted octanol–water partition coefficient (Wildman–Crippen LogP) is 2.40. The predicted molar refractivity (Wildman–Crippen MR) is 118 cm³/mol. The molecule has 0 aliphatic rings. The first-order valence-corrected chi connectivity index (χ1v) is 13.4. The SMILES string of the molecule is O=C(C(=O)N(CCCc1ccccn1)S(=O)(=O)C(F)(F)F)N(CCCc1ccccn1)S(=O)(=O)C(F)(F)F. The van der Waals surface area contributed by atoms with Gasteiger partial charge in [-0.3, -0.25) is 19.6 Å². The molecule has 0 atom stereocenters. The van der Waals surface area contributed by atoms with Gasteiger partial charge in [0.1, 0.15) is 0 Å². The van der Waals surface area contributed by atoms with Gasteiger partial charge < -0.3 is 0 Å². The molecule has 0 fully saturated rings. The Morgan fingerprint density at radius 1 is 0.658 bits per heavy atom. The van der Waals surface area contributed by atoms with Crippen LogP contribution in [0.25, 0.3) is 0 Å². The Kier molecular flexibility index (Phi) is 9.82. The van der Waals surface area contributed by atoms with E-state index < -0.39 is 77.4 Å². The second-order valence-corrected chi connectivity index (χ2v) is 11.2. The summed E-state index contributed by atoms with van der Waals surface area (Å²) in [5.41, 5.74) is -11.7. The van der Waals surface area contributed by atoms with Crippen molar-refractivity contribution in [2.24, 2.45) is 0 Å². The summed E-state index contributed by atoms with van der Waals surface area (Å²) in [6, 6.07) is 8.88. The molecular formula is C20H20F6N4O6S2. The number of alkyl halides is 6. The highest BCUT2D eigenvalue weighted by Crippen LogP contribution is 2.30. The fourth-order valence-electron chi connectivity index (χ4n) is 3.02. The van der Waals surface area contributed by atoms with Gasteiger partial charge in [-0.05, 0) is 49.9 Å². The van der Waals surface area contributed by atoms with Crippen LogP contribution in [0.1, 0.15) is 24.2 Å². The van der Waals surface area contributed by atoms with E-state index in [-0.39, 0.29) is 24.2 Å². The first-order valence-electron chi connectivity index (χ1n) is 10.6. The summed E-state index contributed by atoms with van der Waals surface area (Å²) in [6.45, 7) is -2.59. The van der Waals surface area contributed by atoms with Gasteiger partial charge in [0.15, 0.2) is 0 Å². The molecule has 0 N–H and O–H groups in total. The van der Waals surface area contributed by atoms with Crippen molar-refractivity contribution in [3.63, 3.8) is 0 Å². The summed E-state index contributed by atoms with van der Waals surface area (Å²) < 4.78 is 126. The Morgan fingerprint density at radius 2 is 1.00 bits per heavy atom. The lowest BCUT2D eigenvalue weighted by Crippen LogP contribution is -2.54. The number of sulfonamides is 2. The number of hydrogen-bond donors (Lipinski definition) is 0. The Balaban J connectivity index is 2.37. The number of amides is 2. The minimum Gasteiger partial charge on any atom is -0.262 e. The highest BCUT2D eigenvalue weighted by molar-refractivity contribution is 7.91. The summed E-state index contributed by atoms with van der Waals surface area (Å²) in [5.74, 6) is -5.23. The van der Waals surface area contributed by atoms with Crippen LogP contribution >= 0.6 is 0 Å².